The van der Waals surface area contributed by atoms with Gasteiger partial charge in [0.05, 0.1) is 11.3 Å². The number of hydrogen-bond acceptors (Lipinski definition) is 5. The van der Waals surface area contributed by atoms with E-state index in [1.807, 2.05) is 19.9 Å². The van der Waals surface area contributed by atoms with Crippen LogP contribution in [0.4, 0.5) is 11.4 Å². The molecule has 0 aliphatic rings. The third-order valence-corrected chi connectivity index (χ3v) is 3.03. The molecule has 0 spiro atoms. The highest BCUT2D eigenvalue weighted by Gasteiger charge is 2.11. The molecule has 0 aliphatic carbocycles. The molecule has 0 saturated carbocycles. The summed E-state index contributed by atoms with van der Waals surface area (Å²) in [6.45, 7) is 3.79. The summed E-state index contributed by atoms with van der Waals surface area (Å²) in [5.41, 5.74) is 8.99. The lowest BCUT2D eigenvalue weighted by Crippen LogP contribution is -2.03. The highest BCUT2D eigenvalue weighted by molar-refractivity contribution is 5.91. The normalized spacial score (nSPS) is 10.7. The van der Waals surface area contributed by atoms with E-state index >= 15 is 0 Å². The molecule has 0 bridgehead atoms. The van der Waals surface area contributed by atoms with Crippen molar-refractivity contribution in [2.45, 2.75) is 13.8 Å². The first kappa shape index (κ1) is 13.7. The van der Waals surface area contributed by atoms with Crippen molar-refractivity contribution in [2.75, 3.05) is 5.73 Å². The Morgan fingerprint density at radius 1 is 1.10 bits per heavy atom. The van der Waals surface area contributed by atoms with Gasteiger partial charge in [-0.1, -0.05) is 24.3 Å². The maximum absolute atomic E-state index is 11.9. The van der Waals surface area contributed by atoms with Crippen molar-refractivity contribution in [3.05, 3.63) is 59.2 Å². The predicted octanol–water partition coefficient (Wildman–Crippen LogP) is 3.74. The van der Waals surface area contributed by atoms with E-state index in [0.29, 0.717) is 16.9 Å². The lowest BCUT2D eigenvalue weighted by Gasteiger charge is -2.04. The molecule has 5 heteroatoms. The highest BCUT2D eigenvalue weighted by atomic mass is 16.7. The van der Waals surface area contributed by atoms with Crippen LogP contribution in [-0.2, 0) is 4.84 Å². The molecule has 0 amide bonds. The summed E-state index contributed by atoms with van der Waals surface area (Å²) >= 11 is 0. The van der Waals surface area contributed by atoms with E-state index in [9.17, 15) is 4.79 Å². The minimum Gasteiger partial charge on any atom is -0.397 e. The first-order valence-electron chi connectivity index (χ1n) is 6.12. The van der Waals surface area contributed by atoms with Gasteiger partial charge in [-0.25, -0.2) is 4.79 Å². The lowest BCUT2D eigenvalue weighted by molar-refractivity contribution is 0.0482. The number of rotatable bonds is 3. The van der Waals surface area contributed by atoms with Crippen molar-refractivity contribution < 1.29 is 9.63 Å². The first-order valence-corrected chi connectivity index (χ1v) is 6.12. The third-order valence-electron chi connectivity index (χ3n) is 3.03. The van der Waals surface area contributed by atoms with Crippen molar-refractivity contribution in [3.63, 3.8) is 0 Å². The molecule has 102 valence electrons. The van der Waals surface area contributed by atoms with Crippen LogP contribution in [-0.4, -0.2) is 5.97 Å². The van der Waals surface area contributed by atoms with Gasteiger partial charge >= 0.3 is 5.97 Å². The summed E-state index contributed by atoms with van der Waals surface area (Å²) in [6.07, 6.45) is 0. The van der Waals surface area contributed by atoms with Crippen molar-refractivity contribution >= 4 is 17.3 Å². The van der Waals surface area contributed by atoms with Gasteiger partial charge in [0.25, 0.3) is 0 Å². The summed E-state index contributed by atoms with van der Waals surface area (Å²) < 4.78 is 0. The fourth-order valence-electron chi connectivity index (χ4n) is 1.70. The zero-order valence-corrected chi connectivity index (χ0v) is 11.3. The zero-order chi connectivity index (χ0) is 14.5. The average molecular weight is 269 g/mol. The summed E-state index contributed by atoms with van der Waals surface area (Å²) in [5.74, 6) is -0.538. The number of nitrogens with zero attached hydrogens (tertiary/aromatic N) is 2. The molecule has 2 aromatic carbocycles. The smallest absolute Gasteiger partial charge is 0.367 e. The SMILES string of the molecule is Cc1cccc(C(=O)ON=Nc2ccccc2N)c1C. The number of nitrogen functional groups attached to an aromatic ring is 1. The van der Waals surface area contributed by atoms with E-state index in [2.05, 4.69) is 10.4 Å². The van der Waals surface area contributed by atoms with Crippen LogP contribution in [0.15, 0.2) is 52.9 Å². The van der Waals surface area contributed by atoms with Crippen molar-refractivity contribution in [3.8, 4) is 0 Å². The van der Waals surface area contributed by atoms with Crippen LogP contribution in [0.3, 0.4) is 0 Å². The Morgan fingerprint density at radius 3 is 2.60 bits per heavy atom. The topological polar surface area (TPSA) is 77.0 Å². The Balaban J connectivity index is 2.10. The number of para-hydroxylation sites is 1. The van der Waals surface area contributed by atoms with Crippen LogP contribution in [0.1, 0.15) is 21.5 Å². The van der Waals surface area contributed by atoms with Crippen molar-refractivity contribution in [1.82, 2.24) is 0 Å². The molecule has 2 N–H and O–H groups in total. The zero-order valence-electron chi connectivity index (χ0n) is 11.3. The summed E-state index contributed by atoms with van der Waals surface area (Å²) in [4.78, 5) is 16.7. The van der Waals surface area contributed by atoms with E-state index < -0.39 is 5.97 Å². The van der Waals surface area contributed by atoms with E-state index in [0.717, 1.165) is 11.1 Å². The van der Waals surface area contributed by atoms with Gasteiger partial charge in [0.2, 0.25) is 0 Å². The maximum Gasteiger partial charge on any atom is 0.367 e. The van der Waals surface area contributed by atoms with E-state index in [4.69, 9.17) is 10.6 Å². The fourth-order valence-corrected chi connectivity index (χ4v) is 1.70. The molecule has 0 aromatic heterocycles. The maximum atomic E-state index is 11.9. The minimum atomic E-state index is -0.538. The molecular formula is C15H15N3O2. The standard InChI is InChI=1S/C15H15N3O2/c1-10-6-5-7-12(11(10)2)15(19)20-18-17-14-9-4-3-8-13(14)16/h3-9H,16H2,1-2H3. The second-order valence-electron chi connectivity index (χ2n) is 4.37. The minimum absolute atomic E-state index is 0.460. The summed E-state index contributed by atoms with van der Waals surface area (Å²) in [6, 6.07) is 12.4. The monoisotopic (exact) mass is 269 g/mol. The fraction of sp³-hybridized carbons (Fsp3) is 0.133. The molecule has 5 nitrogen and oxygen atoms in total. The largest absolute Gasteiger partial charge is 0.397 e. The number of benzene rings is 2. The average Bonchev–Trinajstić information content (AvgIpc) is 2.44. The third kappa shape index (κ3) is 3.00. The van der Waals surface area contributed by atoms with Crippen LogP contribution in [0.25, 0.3) is 0 Å². The second-order valence-corrected chi connectivity index (χ2v) is 4.37. The lowest BCUT2D eigenvalue weighted by atomic mass is 10.0. The van der Waals surface area contributed by atoms with Gasteiger partial charge in [-0.3, -0.25) is 4.84 Å². The van der Waals surface area contributed by atoms with Gasteiger partial charge < -0.3 is 5.73 Å². The van der Waals surface area contributed by atoms with Crippen LogP contribution in [0.2, 0.25) is 0 Å². The van der Waals surface area contributed by atoms with Gasteiger partial charge in [0.15, 0.2) is 0 Å². The van der Waals surface area contributed by atoms with Gasteiger partial charge in [0, 0.05) is 5.28 Å². The van der Waals surface area contributed by atoms with Gasteiger partial charge in [0.1, 0.15) is 5.69 Å². The molecule has 0 unspecified atom stereocenters. The molecule has 0 atom stereocenters. The quantitative estimate of drug-likeness (QED) is 0.523. The highest BCUT2D eigenvalue weighted by Crippen LogP contribution is 2.21. The van der Waals surface area contributed by atoms with Crippen LogP contribution in [0, 0.1) is 13.8 Å². The van der Waals surface area contributed by atoms with Crippen molar-refractivity contribution in [1.29, 1.82) is 0 Å². The molecule has 0 fully saturated rings. The van der Waals surface area contributed by atoms with Gasteiger partial charge in [-0.15, -0.1) is 5.11 Å². The Labute approximate surface area is 117 Å². The molecule has 0 heterocycles. The predicted molar refractivity (Wildman–Crippen MR) is 76.7 cm³/mol. The number of nitrogens with two attached hydrogens (primary N) is 1. The van der Waals surface area contributed by atoms with Gasteiger partial charge in [-0.05, 0) is 43.2 Å². The summed E-state index contributed by atoms with van der Waals surface area (Å²) in [7, 11) is 0. The molecule has 0 saturated heterocycles. The molecule has 0 aliphatic heterocycles. The van der Waals surface area contributed by atoms with Crippen LogP contribution >= 0.6 is 0 Å². The molecule has 0 radical (unpaired) electrons. The molecule has 2 aromatic rings. The van der Waals surface area contributed by atoms with E-state index in [1.165, 1.54) is 0 Å². The molecular weight excluding hydrogens is 254 g/mol. The number of carbonyl (C=O) groups is 1. The molecule has 20 heavy (non-hydrogen) atoms. The van der Waals surface area contributed by atoms with Gasteiger partial charge in [-0.2, -0.15) is 0 Å². The molecule has 2 rings (SSSR count). The second kappa shape index (κ2) is 5.97. The number of anilines is 1. The van der Waals surface area contributed by atoms with Crippen molar-refractivity contribution in [2.24, 2.45) is 10.4 Å². The first-order chi connectivity index (χ1) is 9.59. The summed E-state index contributed by atoms with van der Waals surface area (Å²) in [5, 5.41) is 7.23. The number of aryl methyl sites for hydroxylation is 1. The van der Waals surface area contributed by atoms with E-state index in [1.54, 1.807) is 36.4 Å². The Bertz CT molecular complexity index is 666. The van der Waals surface area contributed by atoms with Crippen LogP contribution in [0.5, 0.6) is 0 Å². The number of carbonyl (C=O) groups excluding carboxylic acids is 1. The Kier molecular flexibility index (Phi) is 4.10. The number of hydrogen-bond donors (Lipinski definition) is 1. The van der Waals surface area contributed by atoms with Crippen LogP contribution < -0.4 is 5.73 Å². The van der Waals surface area contributed by atoms with E-state index in [-0.39, 0.29) is 0 Å². The Morgan fingerprint density at radius 2 is 1.85 bits per heavy atom. The Hall–Kier alpha value is -2.69.